The van der Waals surface area contributed by atoms with Gasteiger partial charge in [0.2, 0.25) is 0 Å². The van der Waals surface area contributed by atoms with Gasteiger partial charge in [-0.15, -0.1) is 0 Å². The predicted octanol–water partition coefficient (Wildman–Crippen LogP) is 3.46. The molecule has 1 saturated heterocycles. The third-order valence-electron chi connectivity index (χ3n) is 5.92. The number of sulfone groups is 1. The first-order chi connectivity index (χ1) is 14.2. The molecule has 1 heterocycles. The number of hydrogen-bond donors (Lipinski definition) is 2. The highest BCUT2D eigenvalue weighted by Crippen LogP contribution is 2.37. The first kappa shape index (κ1) is 25.8. The lowest BCUT2D eigenvalue weighted by Crippen LogP contribution is -2.33. The highest BCUT2D eigenvalue weighted by atomic mass is 32.2. The van der Waals surface area contributed by atoms with E-state index in [0.717, 1.165) is 5.56 Å². The summed E-state index contributed by atoms with van der Waals surface area (Å²) in [6.45, 7) is 9.15. The van der Waals surface area contributed by atoms with Crippen LogP contribution in [0.25, 0.3) is 0 Å². The zero-order valence-electron chi connectivity index (χ0n) is 19.2. The molecule has 0 spiro atoms. The zero-order chi connectivity index (χ0) is 23.5. The fourth-order valence-electron chi connectivity index (χ4n) is 4.11. The first-order valence-corrected chi connectivity index (χ1v) is 12.5. The van der Waals surface area contributed by atoms with Crippen LogP contribution in [0, 0.1) is 5.41 Å². The molecule has 1 aliphatic heterocycles. The molecule has 0 aromatic heterocycles. The van der Waals surface area contributed by atoms with Crippen molar-refractivity contribution in [3.8, 4) is 0 Å². The van der Waals surface area contributed by atoms with Gasteiger partial charge in [-0.25, -0.2) is 8.42 Å². The maximum absolute atomic E-state index is 12.2. The number of carboxylic acids is 1. The molecule has 0 bridgehead atoms. The minimum Gasteiger partial charge on any atom is -0.481 e. The van der Waals surface area contributed by atoms with Crippen molar-refractivity contribution < 1.29 is 32.9 Å². The van der Waals surface area contributed by atoms with Crippen molar-refractivity contribution in [3.05, 3.63) is 35.4 Å². The summed E-state index contributed by atoms with van der Waals surface area (Å²) in [4.78, 5) is 12.2. The minimum atomic E-state index is -3.34. The molecule has 1 aliphatic rings. The molecule has 1 aromatic carbocycles. The normalized spacial score (nSPS) is 21.0. The maximum Gasteiger partial charge on any atom is 0.313 e. The molecular formula is C23H36O7S. The van der Waals surface area contributed by atoms with Crippen molar-refractivity contribution >= 4 is 15.8 Å². The number of hydrogen-bond acceptors (Lipinski definition) is 6. The number of ether oxygens (including phenoxy) is 2. The van der Waals surface area contributed by atoms with Crippen LogP contribution in [-0.2, 0) is 29.5 Å². The molecule has 176 valence electrons. The van der Waals surface area contributed by atoms with E-state index in [9.17, 15) is 18.3 Å². The second-order valence-corrected chi connectivity index (χ2v) is 12.1. The highest BCUT2D eigenvalue weighted by Gasteiger charge is 2.38. The average molecular weight is 457 g/mol. The van der Waals surface area contributed by atoms with Gasteiger partial charge in [0, 0.05) is 0 Å². The van der Waals surface area contributed by atoms with Gasteiger partial charge in [0.15, 0.2) is 15.6 Å². The van der Waals surface area contributed by atoms with Gasteiger partial charge in [0.1, 0.15) is 6.10 Å². The predicted molar refractivity (Wildman–Crippen MR) is 119 cm³/mol. The van der Waals surface area contributed by atoms with E-state index in [-0.39, 0.29) is 17.6 Å². The molecular weight excluding hydrogens is 420 g/mol. The Balaban J connectivity index is 2.12. The van der Waals surface area contributed by atoms with Crippen molar-refractivity contribution in [2.75, 3.05) is 24.7 Å². The first-order valence-electron chi connectivity index (χ1n) is 10.7. The fourth-order valence-corrected chi connectivity index (χ4v) is 5.86. The number of benzene rings is 1. The summed E-state index contributed by atoms with van der Waals surface area (Å²) >= 11 is 0. The summed E-state index contributed by atoms with van der Waals surface area (Å²) in [5.41, 5.74) is -0.0385. The van der Waals surface area contributed by atoms with E-state index in [2.05, 4.69) is 0 Å². The van der Waals surface area contributed by atoms with Crippen LogP contribution >= 0.6 is 0 Å². The van der Waals surface area contributed by atoms with Gasteiger partial charge >= 0.3 is 5.97 Å². The molecule has 1 fully saturated rings. The van der Waals surface area contributed by atoms with E-state index in [4.69, 9.17) is 14.6 Å². The van der Waals surface area contributed by atoms with E-state index in [0.29, 0.717) is 31.4 Å². The number of carbonyl (C=O) groups is 1. The van der Waals surface area contributed by atoms with Gasteiger partial charge in [-0.1, -0.05) is 44.5 Å². The molecule has 8 heteroatoms. The standard InChI is InChI=1S/C23H36O7S/c1-21(2,16-31(27,28)13-12-24)10-7-11-23(5,20(25)26)18-9-6-8-17(14-18)19-15-29-22(3,4)30-19/h6,8-9,14,19,24H,7,10-13,15-16H2,1-5H3,(H,25,26)/t19-,23+/m0/s1. The van der Waals surface area contributed by atoms with Crippen molar-refractivity contribution in [2.45, 2.75) is 71.2 Å². The summed E-state index contributed by atoms with van der Waals surface area (Å²) in [5, 5.41) is 19.0. The Labute approximate surface area is 185 Å². The highest BCUT2D eigenvalue weighted by molar-refractivity contribution is 7.91. The van der Waals surface area contributed by atoms with Crippen LogP contribution in [0.5, 0.6) is 0 Å². The molecule has 2 rings (SSSR count). The lowest BCUT2D eigenvalue weighted by atomic mass is 9.76. The van der Waals surface area contributed by atoms with Crippen LogP contribution < -0.4 is 0 Å². The van der Waals surface area contributed by atoms with Crippen LogP contribution in [0.3, 0.4) is 0 Å². The van der Waals surface area contributed by atoms with Gasteiger partial charge in [0.05, 0.1) is 30.1 Å². The monoisotopic (exact) mass is 456 g/mol. The second kappa shape index (κ2) is 9.57. The Hall–Kier alpha value is -1.48. The summed E-state index contributed by atoms with van der Waals surface area (Å²) < 4.78 is 35.7. The summed E-state index contributed by atoms with van der Waals surface area (Å²) in [6.07, 6.45) is 1.25. The number of carboxylic acid groups (broad SMARTS) is 1. The lowest BCUT2D eigenvalue weighted by molar-refractivity contribution is -0.143. The topological polar surface area (TPSA) is 110 Å². The summed E-state index contributed by atoms with van der Waals surface area (Å²) in [7, 11) is -3.34. The molecule has 2 N–H and O–H groups in total. The van der Waals surface area contributed by atoms with Gasteiger partial charge < -0.3 is 19.7 Å². The Morgan fingerprint density at radius 2 is 1.90 bits per heavy atom. The van der Waals surface area contributed by atoms with Crippen LogP contribution in [0.15, 0.2) is 24.3 Å². The van der Waals surface area contributed by atoms with Crippen molar-refractivity contribution in [1.82, 2.24) is 0 Å². The molecule has 1 aromatic rings. The van der Waals surface area contributed by atoms with Crippen LogP contribution in [-0.4, -0.2) is 55.1 Å². The number of aliphatic carboxylic acids is 1. The van der Waals surface area contributed by atoms with Crippen molar-refractivity contribution in [3.63, 3.8) is 0 Å². The van der Waals surface area contributed by atoms with Crippen molar-refractivity contribution in [1.29, 1.82) is 0 Å². The molecule has 0 amide bonds. The molecule has 0 unspecified atom stereocenters. The molecule has 31 heavy (non-hydrogen) atoms. The molecule has 2 atom stereocenters. The quantitative estimate of drug-likeness (QED) is 0.525. The number of rotatable bonds is 11. The number of aliphatic hydroxyl groups excluding tert-OH is 1. The molecule has 0 aliphatic carbocycles. The van der Waals surface area contributed by atoms with Crippen LogP contribution in [0.4, 0.5) is 0 Å². The second-order valence-electron chi connectivity index (χ2n) is 9.91. The summed E-state index contributed by atoms with van der Waals surface area (Å²) in [5.74, 6) is -1.87. The average Bonchev–Trinajstić information content (AvgIpc) is 3.00. The van der Waals surface area contributed by atoms with E-state index in [1.54, 1.807) is 6.92 Å². The fraction of sp³-hybridized carbons (Fsp3) is 0.696. The molecule has 0 saturated carbocycles. The van der Waals surface area contributed by atoms with Gasteiger partial charge in [-0.05, 0) is 50.2 Å². The lowest BCUT2D eigenvalue weighted by Gasteiger charge is -2.29. The summed E-state index contributed by atoms with van der Waals surface area (Å²) in [6, 6.07) is 7.44. The maximum atomic E-state index is 12.2. The van der Waals surface area contributed by atoms with Gasteiger partial charge in [0.25, 0.3) is 0 Å². The van der Waals surface area contributed by atoms with E-state index in [1.807, 2.05) is 52.0 Å². The Morgan fingerprint density at radius 3 is 2.45 bits per heavy atom. The Bertz CT molecular complexity index is 876. The number of aliphatic hydroxyl groups is 1. The zero-order valence-corrected chi connectivity index (χ0v) is 20.0. The molecule has 0 radical (unpaired) electrons. The third kappa shape index (κ3) is 7.00. The smallest absolute Gasteiger partial charge is 0.313 e. The van der Waals surface area contributed by atoms with E-state index < -0.39 is 39.0 Å². The van der Waals surface area contributed by atoms with E-state index >= 15 is 0 Å². The van der Waals surface area contributed by atoms with Crippen molar-refractivity contribution in [2.24, 2.45) is 5.41 Å². The minimum absolute atomic E-state index is 0.0331. The van der Waals surface area contributed by atoms with Crippen LogP contribution in [0.2, 0.25) is 0 Å². The molecule has 7 nitrogen and oxygen atoms in total. The SMILES string of the molecule is CC(C)(CCC[C@@](C)(C(=O)O)c1cccc([C@@H]2COC(C)(C)O2)c1)CS(=O)(=O)CCO. The van der Waals surface area contributed by atoms with E-state index in [1.165, 1.54) is 0 Å². The Kier molecular flexibility index (Phi) is 7.95. The Morgan fingerprint density at radius 1 is 1.23 bits per heavy atom. The van der Waals surface area contributed by atoms with Crippen LogP contribution in [0.1, 0.15) is 71.1 Å². The third-order valence-corrected chi connectivity index (χ3v) is 7.95. The van der Waals surface area contributed by atoms with Gasteiger partial charge in [-0.2, -0.15) is 0 Å². The van der Waals surface area contributed by atoms with Gasteiger partial charge in [-0.3, -0.25) is 4.79 Å². The largest absolute Gasteiger partial charge is 0.481 e.